The molecule has 15 heavy (non-hydrogen) atoms. The van der Waals surface area contributed by atoms with E-state index in [2.05, 4.69) is 14.7 Å². The lowest BCUT2D eigenvalue weighted by Gasteiger charge is -2.04. The van der Waals surface area contributed by atoms with Crippen LogP contribution in [-0.2, 0) is 16.0 Å². The molecule has 7 heteroatoms. The van der Waals surface area contributed by atoms with Crippen molar-refractivity contribution in [1.29, 1.82) is 0 Å². The Morgan fingerprint density at radius 2 is 2.00 bits per heavy atom. The highest BCUT2D eigenvalue weighted by atomic mass is 35.5. The fraction of sp³-hybridized carbons (Fsp3) is 0.375. The van der Waals surface area contributed by atoms with Crippen LogP contribution in [0.4, 0.5) is 5.82 Å². The molecule has 0 unspecified atom stereocenters. The van der Waals surface area contributed by atoms with Crippen LogP contribution in [0, 0.1) is 0 Å². The van der Waals surface area contributed by atoms with Gasteiger partial charge in [0.05, 0.1) is 19.2 Å². The fourth-order valence-corrected chi connectivity index (χ4v) is 1.22. The van der Waals surface area contributed by atoms with Crippen molar-refractivity contribution >= 4 is 35.0 Å². The van der Waals surface area contributed by atoms with Crippen LogP contribution in [-0.4, -0.2) is 23.0 Å². The van der Waals surface area contributed by atoms with Crippen LogP contribution in [0.25, 0.3) is 0 Å². The van der Waals surface area contributed by atoms with Crippen LogP contribution < -0.4 is 5.73 Å². The predicted octanol–water partition coefficient (Wildman–Crippen LogP) is 1.47. The molecule has 82 valence electrons. The summed E-state index contributed by atoms with van der Waals surface area (Å²) in [5.74, 6) is -0.171. The molecule has 0 fully saturated rings. The Bertz CT molecular complexity index is 384. The summed E-state index contributed by atoms with van der Waals surface area (Å²) in [5, 5.41) is 0.127. The van der Waals surface area contributed by atoms with Gasteiger partial charge in [0.15, 0.2) is 10.3 Å². The Kier molecular flexibility index (Phi) is 4.11. The molecule has 2 N–H and O–H groups in total. The largest absolute Gasteiger partial charge is 0.469 e. The topological polar surface area (TPSA) is 78.1 Å². The maximum Gasteiger partial charge on any atom is 0.305 e. The predicted molar refractivity (Wildman–Crippen MR) is 56.8 cm³/mol. The number of anilines is 1. The van der Waals surface area contributed by atoms with Crippen LogP contribution in [0.3, 0.4) is 0 Å². The molecule has 0 aromatic carbocycles. The molecule has 1 heterocycles. The third kappa shape index (κ3) is 3.21. The van der Waals surface area contributed by atoms with E-state index >= 15 is 0 Å². The van der Waals surface area contributed by atoms with Gasteiger partial charge in [-0.25, -0.2) is 9.97 Å². The molecular weight excluding hydrogens is 241 g/mol. The maximum atomic E-state index is 10.9. The Balaban J connectivity index is 2.77. The van der Waals surface area contributed by atoms with E-state index in [1.54, 1.807) is 0 Å². The Morgan fingerprint density at radius 3 is 2.60 bits per heavy atom. The first-order valence-electron chi connectivity index (χ1n) is 4.08. The molecule has 0 aliphatic carbocycles. The van der Waals surface area contributed by atoms with Crippen LogP contribution in [0.5, 0.6) is 0 Å². The first-order chi connectivity index (χ1) is 7.04. The minimum Gasteiger partial charge on any atom is -0.469 e. The standard InChI is InChI=1S/C8H9Cl2N3O2/c1-15-5(14)3-2-4-8(11)13-7(10)6(9)12-4/h2-3H2,1H3,(H2,11,13). The van der Waals surface area contributed by atoms with E-state index < -0.39 is 0 Å². The highest BCUT2D eigenvalue weighted by molar-refractivity contribution is 6.40. The van der Waals surface area contributed by atoms with Gasteiger partial charge in [0.25, 0.3) is 0 Å². The van der Waals surface area contributed by atoms with Gasteiger partial charge in [-0.05, 0) is 0 Å². The molecule has 1 aromatic rings. The van der Waals surface area contributed by atoms with Gasteiger partial charge in [0.1, 0.15) is 5.82 Å². The minimum atomic E-state index is -0.345. The average Bonchev–Trinajstić information content (AvgIpc) is 2.21. The third-order valence-electron chi connectivity index (χ3n) is 1.71. The zero-order chi connectivity index (χ0) is 11.4. The highest BCUT2D eigenvalue weighted by Gasteiger charge is 2.10. The summed E-state index contributed by atoms with van der Waals surface area (Å²) < 4.78 is 4.48. The Morgan fingerprint density at radius 1 is 1.40 bits per heavy atom. The lowest BCUT2D eigenvalue weighted by Crippen LogP contribution is -2.07. The lowest BCUT2D eigenvalue weighted by molar-refractivity contribution is -0.140. The summed E-state index contributed by atoms with van der Waals surface area (Å²) in [6, 6.07) is 0. The monoisotopic (exact) mass is 249 g/mol. The van der Waals surface area contributed by atoms with Crippen molar-refractivity contribution < 1.29 is 9.53 Å². The van der Waals surface area contributed by atoms with Crippen molar-refractivity contribution in [3.8, 4) is 0 Å². The number of nitrogens with two attached hydrogens (primary N) is 1. The minimum absolute atomic E-state index is 0.0518. The Hall–Kier alpha value is -1.07. The van der Waals surface area contributed by atoms with Gasteiger partial charge in [0, 0.05) is 6.42 Å². The number of hydrogen-bond acceptors (Lipinski definition) is 5. The van der Waals surface area contributed by atoms with Crippen molar-refractivity contribution in [2.24, 2.45) is 0 Å². The number of aryl methyl sites for hydroxylation is 1. The molecule has 0 bridgehead atoms. The van der Waals surface area contributed by atoms with Gasteiger partial charge in [-0.3, -0.25) is 4.79 Å². The first-order valence-corrected chi connectivity index (χ1v) is 4.84. The number of nitrogen functional groups attached to an aromatic ring is 1. The second-order valence-electron chi connectivity index (χ2n) is 2.71. The lowest BCUT2D eigenvalue weighted by atomic mass is 10.2. The number of ether oxygens (including phenoxy) is 1. The van der Waals surface area contributed by atoms with Crippen LogP contribution in [0.2, 0.25) is 10.3 Å². The Labute approximate surface area is 96.6 Å². The zero-order valence-corrected chi connectivity index (χ0v) is 9.47. The number of rotatable bonds is 3. The molecule has 0 saturated heterocycles. The SMILES string of the molecule is COC(=O)CCc1nc(Cl)c(Cl)nc1N. The molecule has 0 spiro atoms. The second kappa shape index (κ2) is 5.14. The van der Waals surface area contributed by atoms with E-state index in [1.807, 2.05) is 0 Å². The smallest absolute Gasteiger partial charge is 0.305 e. The fourth-order valence-electron chi connectivity index (χ4n) is 0.945. The summed E-state index contributed by atoms with van der Waals surface area (Å²) in [5.41, 5.74) is 5.99. The zero-order valence-electron chi connectivity index (χ0n) is 7.96. The van der Waals surface area contributed by atoms with E-state index in [0.717, 1.165) is 0 Å². The van der Waals surface area contributed by atoms with E-state index in [4.69, 9.17) is 28.9 Å². The van der Waals surface area contributed by atoms with Crippen molar-refractivity contribution in [2.75, 3.05) is 12.8 Å². The van der Waals surface area contributed by atoms with Crippen LogP contribution >= 0.6 is 23.2 Å². The number of carbonyl (C=O) groups is 1. The third-order valence-corrected chi connectivity index (χ3v) is 2.34. The number of carbonyl (C=O) groups excluding carboxylic acids is 1. The van der Waals surface area contributed by atoms with E-state index in [-0.39, 0.29) is 28.5 Å². The summed E-state index contributed by atoms with van der Waals surface area (Å²) in [6.45, 7) is 0. The summed E-state index contributed by atoms with van der Waals surface area (Å²) >= 11 is 11.3. The van der Waals surface area contributed by atoms with E-state index in [0.29, 0.717) is 12.1 Å². The number of methoxy groups -OCH3 is 1. The molecule has 0 amide bonds. The maximum absolute atomic E-state index is 10.9. The highest BCUT2D eigenvalue weighted by Crippen LogP contribution is 2.20. The number of esters is 1. The molecule has 0 aliphatic heterocycles. The van der Waals surface area contributed by atoms with Crippen LogP contribution in [0.1, 0.15) is 12.1 Å². The van der Waals surface area contributed by atoms with Gasteiger partial charge in [-0.2, -0.15) is 0 Å². The number of aromatic nitrogens is 2. The van der Waals surface area contributed by atoms with Gasteiger partial charge < -0.3 is 10.5 Å². The van der Waals surface area contributed by atoms with Gasteiger partial charge >= 0.3 is 5.97 Å². The van der Waals surface area contributed by atoms with Crippen molar-refractivity contribution in [3.05, 3.63) is 16.0 Å². The molecule has 0 radical (unpaired) electrons. The van der Waals surface area contributed by atoms with Crippen molar-refractivity contribution in [2.45, 2.75) is 12.8 Å². The van der Waals surface area contributed by atoms with E-state index in [1.165, 1.54) is 7.11 Å². The van der Waals surface area contributed by atoms with Gasteiger partial charge in [0.2, 0.25) is 0 Å². The number of hydrogen-bond donors (Lipinski definition) is 1. The second-order valence-corrected chi connectivity index (χ2v) is 3.43. The number of nitrogens with zero attached hydrogens (tertiary/aromatic N) is 2. The van der Waals surface area contributed by atoms with Crippen LogP contribution in [0.15, 0.2) is 0 Å². The summed E-state index contributed by atoms with van der Waals surface area (Å²) in [6.07, 6.45) is 0.496. The molecule has 5 nitrogen and oxygen atoms in total. The molecule has 0 saturated carbocycles. The van der Waals surface area contributed by atoms with Gasteiger partial charge in [-0.1, -0.05) is 23.2 Å². The molecule has 0 atom stereocenters. The van der Waals surface area contributed by atoms with Crippen molar-refractivity contribution in [1.82, 2.24) is 9.97 Å². The number of halogens is 2. The normalized spacial score (nSPS) is 10.1. The first kappa shape index (κ1) is 12.0. The molecule has 0 aliphatic rings. The van der Waals surface area contributed by atoms with Crippen molar-refractivity contribution in [3.63, 3.8) is 0 Å². The van der Waals surface area contributed by atoms with Gasteiger partial charge in [-0.15, -0.1) is 0 Å². The van der Waals surface area contributed by atoms with E-state index in [9.17, 15) is 4.79 Å². The molecular formula is C8H9Cl2N3O2. The molecule has 1 aromatic heterocycles. The summed E-state index contributed by atoms with van der Waals surface area (Å²) in [4.78, 5) is 18.6. The average molecular weight is 250 g/mol. The quantitative estimate of drug-likeness (QED) is 0.822. The summed E-state index contributed by atoms with van der Waals surface area (Å²) in [7, 11) is 1.31. The molecule has 1 rings (SSSR count).